The number of hydrogen-bond donors (Lipinski definition) is 0. The van der Waals surface area contributed by atoms with Crippen molar-refractivity contribution in [2.45, 2.75) is 52.4 Å². The van der Waals surface area contributed by atoms with Crippen molar-refractivity contribution in [2.24, 2.45) is 0 Å². The highest BCUT2D eigenvalue weighted by molar-refractivity contribution is 7.99. The summed E-state index contributed by atoms with van der Waals surface area (Å²) in [6.45, 7) is 4.55. The molecule has 0 unspecified atom stereocenters. The van der Waals surface area contributed by atoms with E-state index in [0.717, 1.165) is 0 Å². The summed E-state index contributed by atoms with van der Waals surface area (Å²) in [5.41, 5.74) is 3.07. The minimum Gasteiger partial charge on any atom is -0.162 e. The van der Waals surface area contributed by atoms with E-state index in [1.807, 2.05) is 0 Å². The third kappa shape index (κ3) is 6.72. The Bertz CT molecular complexity index is 592. The molecule has 0 aliphatic heterocycles. The topological polar surface area (TPSA) is 0 Å². The lowest BCUT2D eigenvalue weighted by Gasteiger charge is -2.11. The van der Waals surface area contributed by atoms with Crippen molar-refractivity contribution in [2.75, 3.05) is 23.0 Å². The van der Waals surface area contributed by atoms with Crippen molar-refractivity contribution in [3.8, 4) is 0 Å². The zero-order chi connectivity index (χ0) is 17.0. The summed E-state index contributed by atoms with van der Waals surface area (Å²) in [7, 11) is 0. The number of rotatable bonds is 12. The van der Waals surface area contributed by atoms with Gasteiger partial charge >= 0.3 is 0 Å². The van der Waals surface area contributed by atoms with Gasteiger partial charge < -0.3 is 0 Å². The summed E-state index contributed by atoms with van der Waals surface area (Å²) in [6, 6.07) is 13.8. The van der Waals surface area contributed by atoms with Crippen LogP contribution < -0.4 is 0 Å². The number of fused-ring (bicyclic) bond motifs is 1. The number of aryl methyl sites for hydroxylation is 2. The van der Waals surface area contributed by atoms with Gasteiger partial charge in [0.1, 0.15) is 0 Å². The molecular formula is C22H32S2. The molecule has 0 saturated heterocycles. The van der Waals surface area contributed by atoms with Crippen LogP contribution in [0.4, 0.5) is 0 Å². The fraction of sp³-hybridized carbons (Fsp3) is 0.545. The molecule has 0 spiro atoms. The SMILES string of the molecule is CCCCSCCc1cc(CCSCCCC)c2ccccc2c1. The first-order chi connectivity index (χ1) is 11.8. The second-order valence-corrected chi connectivity index (χ2v) is 8.86. The first kappa shape index (κ1) is 19.7. The van der Waals surface area contributed by atoms with Crippen LogP contribution in [0.2, 0.25) is 0 Å². The zero-order valence-corrected chi connectivity index (χ0v) is 17.0. The fourth-order valence-electron chi connectivity index (χ4n) is 2.88. The van der Waals surface area contributed by atoms with E-state index < -0.39 is 0 Å². The third-order valence-electron chi connectivity index (χ3n) is 4.34. The Balaban J connectivity index is 1.98. The van der Waals surface area contributed by atoms with E-state index in [1.54, 1.807) is 5.56 Å². The van der Waals surface area contributed by atoms with Crippen LogP contribution in [-0.4, -0.2) is 23.0 Å². The van der Waals surface area contributed by atoms with Crippen molar-refractivity contribution in [3.63, 3.8) is 0 Å². The van der Waals surface area contributed by atoms with Crippen LogP contribution in [0.3, 0.4) is 0 Å². The number of thioether (sulfide) groups is 2. The maximum atomic E-state index is 2.48. The Morgan fingerprint density at radius 2 is 1.42 bits per heavy atom. The van der Waals surface area contributed by atoms with Crippen molar-refractivity contribution >= 4 is 34.3 Å². The highest BCUT2D eigenvalue weighted by atomic mass is 32.2. The van der Waals surface area contributed by atoms with E-state index in [9.17, 15) is 0 Å². The Morgan fingerprint density at radius 1 is 0.750 bits per heavy atom. The lowest BCUT2D eigenvalue weighted by Crippen LogP contribution is -1.96. The van der Waals surface area contributed by atoms with Crippen LogP contribution in [0.1, 0.15) is 50.7 Å². The molecule has 2 rings (SSSR count). The summed E-state index contributed by atoms with van der Waals surface area (Å²) in [6.07, 6.45) is 7.72. The van der Waals surface area contributed by atoms with Crippen molar-refractivity contribution < 1.29 is 0 Å². The predicted octanol–water partition coefficient (Wildman–Crippen LogP) is 6.99. The highest BCUT2D eigenvalue weighted by Gasteiger charge is 2.05. The van der Waals surface area contributed by atoms with Crippen LogP contribution in [0.15, 0.2) is 36.4 Å². The second-order valence-electron chi connectivity index (χ2n) is 6.41. The molecule has 0 saturated carbocycles. The van der Waals surface area contributed by atoms with Crippen LogP contribution >= 0.6 is 23.5 Å². The summed E-state index contributed by atoms with van der Waals surface area (Å²) in [5, 5.41) is 2.87. The highest BCUT2D eigenvalue weighted by Crippen LogP contribution is 2.24. The Labute approximate surface area is 157 Å². The second kappa shape index (κ2) is 11.9. The summed E-state index contributed by atoms with van der Waals surface area (Å²) >= 11 is 4.22. The minimum absolute atomic E-state index is 1.20. The van der Waals surface area contributed by atoms with E-state index in [2.05, 4.69) is 73.8 Å². The Hall–Kier alpha value is -0.600. The molecule has 0 radical (unpaired) electrons. The minimum atomic E-state index is 1.20. The first-order valence-electron chi connectivity index (χ1n) is 9.51. The number of benzene rings is 2. The Morgan fingerprint density at radius 3 is 2.12 bits per heavy atom. The van der Waals surface area contributed by atoms with Crippen LogP contribution in [0.25, 0.3) is 10.8 Å². The molecule has 2 aromatic rings. The normalized spacial score (nSPS) is 11.2. The maximum absolute atomic E-state index is 2.48. The van der Waals surface area contributed by atoms with Crippen molar-refractivity contribution in [1.82, 2.24) is 0 Å². The summed E-state index contributed by atoms with van der Waals surface area (Å²) < 4.78 is 0. The molecule has 0 aliphatic rings. The van der Waals surface area contributed by atoms with Gasteiger partial charge in [-0.1, -0.05) is 63.1 Å². The average Bonchev–Trinajstić information content (AvgIpc) is 2.61. The molecule has 0 nitrogen and oxygen atoms in total. The zero-order valence-electron chi connectivity index (χ0n) is 15.4. The fourth-order valence-corrected chi connectivity index (χ4v) is 5.02. The molecule has 0 atom stereocenters. The van der Waals surface area contributed by atoms with Crippen molar-refractivity contribution in [1.29, 1.82) is 0 Å². The van der Waals surface area contributed by atoms with Gasteiger partial charge in [-0.3, -0.25) is 0 Å². The molecule has 0 aromatic heterocycles. The monoisotopic (exact) mass is 360 g/mol. The maximum Gasteiger partial charge on any atom is -0.00268 e. The van der Waals surface area contributed by atoms with Gasteiger partial charge in [0.15, 0.2) is 0 Å². The van der Waals surface area contributed by atoms with Crippen LogP contribution in [0.5, 0.6) is 0 Å². The van der Waals surface area contributed by atoms with Gasteiger partial charge in [-0.25, -0.2) is 0 Å². The van der Waals surface area contributed by atoms with Crippen LogP contribution in [0, 0.1) is 0 Å². The molecule has 0 aliphatic carbocycles. The summed E-state index contributed by atoms with van der Waals surface area (Å²) in [5.74, 6) is 5.12. The lowest BCUT2D eigenvalue weighted by molar-refractivity contribution is 0.895. The van der Waals surface area contributed by atoms with Gasteiger partial charge in [0, 0.05) is 0 Å². The summed E-state index contributed by atoms with van der Waals surface area (Å²) in [4.78, 5) is 0. The first-order valence-corrected chi connectivity index (χ1v) is 11.8. The lowest BCUT2D eigenvalue weighted by atomic mass is 9.98. The quantitative estimate of drug-likeness (QED) is 0.374. The largest absolute Gasteiger partial charge is 0.162 e. The van der Waals surface area contributed by atoms with Gasteiger partial charge in [-0.05, 0) is 70.6 Å². The van der Waals surface area contributed by atoms with E-state index in [4.69, 9.17) is 0 Å². The molecule has 2 heteroatoms. The number of unbranched alkanes of at least 4 members (excludes halogenated alkanes) is 2. The average molecular weight is 361 g/mol. The van der Waals surface area contributed by atoms with Crippen LogP contribution in [-0.2, 0) is 12.8 Å². The van der Waals surface area contributed by atoms with Gasteiger partial charge in [-0.2, -0.15) is 23.5 Å². The molecular weight excluding hydrogens is 328 g/mol. The smallest absolute Gasteiger partial charge is 0.00268 e. The standard InChI is InChI=1S/C22H32S2/c1-3-5-13-23-15-11-19-17-20-9-7-8-10-22(20)21(18-19)12-16-24-14-6-4-2/h7-10,17-18H,3-6,11-16H2,1-2H3. The molecule has 0 N–H and O–H groups in total. The van der Waals surface area contributed by atoms with E-state index in [0.29, 0.717) is 0 Å². The van der Waals surface area contributed by atoms with E-state index >= 15 is 0 Å². The molecule has 132 valence electrons. The molecule has 0 fully saturated rings. The third-order valence-corrected chi connectivity index (χ3v) is 6.48. The predicted molar refractivity (Wildman–Crippen MR) is 116 cm³/mol. The van der Waals surface area contributed by atoms with Gasteiger partial charge in [0.2, 0.25) is 0 Å². The molecule has 0 amide bonds. The van der Waals surface area contributed by atoms with Crippen molar-refractivity contribution in [3.05, 3.63) is 47.5 Å². The molecule has 0 heterocycles. The van der Waals surface area contributed by atoms with E-state index in [1.165, 1.54) is 77.9 Å². The molecule has 0 bridgehead atoms. The van der Waals surface area contributed by atoms with Gasteiger partial charge in [-0.15, -0.1) is 0 Å². The number of hydrogen-bond acceptors (Lipinski definition) is 2. The molecule has 2 aromatic carbocycles. The molecule has 24 heavy (non-hydrogen) atoms. The Kier molecular flexibility index (Phi) is 9.75. The van der Waals surface area contributed by atoms with Gasteiger partial charge in [0.05, 0.1) is 0 Å². The van der Waals surface area contributed by atoms with E-state index in [-0.39, 0.29) is 0 Å². The van der Waals surface area contributed by atoms with Gasteiger partial charge in [0.25, 0.3) is 0 Å².